The maximum atomic E-state index is 12.5. The zero-order valence-corrected chi connectivity index (χ0v) is 16.0. The molecule has 4 rings (SSSR count). The first kappa shape index (κ1) is 17.7. The molecule has 27 heavy (non-hydrogen) atoms. The zero-order valence-electron chi connectivity index (χ0n) is 15.1. The summed E-state index contributed by atoms with van der Waals surface area (Å²) in [6.07, 6.45) is 5.57. The van der Waals surface area contributed by atoms with Crippen molar-refractivity contribution >= 4 is 17.2 Å². The second-order valence-electron chi connectivity index (χ2n) is 6.88. The standard InChI is InChI=1S/C20H22N4O2S/c1-13-4-9-19(21-12-13)26-15-7-5-14(6-8-15)22-20(25)17-11-16(23-24-17)18-3-2-10-27-18/h2-4,9-12,14-15H,5-8H2,1H3,(H,22,25)(H,23,24). The Balaban J connectivity index is 1.27. The average molecular weight is 382 g/mol. The molecule has 3 heterocycles. The number of carbonyl (C=O) groups is 1. The monoisotopic (exact) mass is 382 g/mol. The number of H-pyrrole nitrogens is 1. The molecular formula is C20H22N4O2S. The van der Waals surface area contributed by atoms with E-state index in [1.807, 2.05) is 42.8 Å². The molecule has 1 saturated carbocycles. The van der Waals surface area contributed by atoms with Crippen LogP contribution in [0.3, 0.4) is 0 Å². The minimum absolute atomic E-state index is 0.126. The smallest absolute Gasteiger partial charge is 0.272 e. The number of pyridine rings is 1. The first-order valence-electron chi connectivity index (χ1n) is 9.17. The third-order valence-electron chi connectivity index (χ3n) is 4.78. The summed E-state index contributed by atoms with van der Waals surface area (Å²) in [5, 5.41) is 12.2. The lowest BCUT2D eigenvalue weighted by molar-refractivity contribution is 0.0885. The number of hydrogen-bond acceptors (Lipinski definition) is 5. The molecule has 1 fully saturated rings. The largest absolute Gasteiger partial charge is 0.474 e. The first-order valence-corrected chi connectivity index (χ1v) is 10.0. The van der Waals surface area contributed by atoms with Gasteiger partial charge in [0.2, 0.25) is 5.88 Å². The second-order valence-corrected chi connectivity index (χ2v) is 7.83. The fourth-order valence-electron chi connectivity index (χ4n) is 3.28. The molecular weight excluding hydrogens is 360 g/mol. The number of rotatable bonds is 5. The second kappa shape index (κ2) is 7.92. The number of nitrogens with one attached hydrogen (secondary N) is 2. The molecule has 1 aliphatic rings. The molecule has 0 radical (unpaired) electrons. The Hall–Kier alpha value is -2.67. The van der Waals surface area contributed by atoms with Gasteiger partial charge >= 0.3 is 0 Å². The van der Waals surface area contributed by atoms with Gasteiger partial charge in [-0.25, -0.2) is 4.98 Å². The van der Waals surface area contributed by atoms with Crippen LogP contribution in [0.15, 0.2) is 41.9 Å². The van der Waals surface area contributed by atoms with Crippen LogP contribution < -0.4 is 10.1 Å². The average Bonchev–Trinajstić information content (AvgIpc) is 3.36. The van der Waals surface area contributed by atoms with Gasteiger partial charge in [0, 0.05) is 18.3 Å². The molecule has 6 nitrogen and oxygen atoms in total. The normalized spacial score (nSPS) is 19.6. The molecule has 0 aromatic carbocycles. The first-order chi connectivity index (χ1) is 13.2. The number of aromatic nitrogens is 3. The van der Waals surface area contributed by atoms with E-state index in [1.165, 1.54) is 0 Å². The Bertz CT molecular complexity index is 881. The minimum Gasteiger partial charge on any atom is -0.474 e. The van der Waals surface area contributed by atoms with E-state index in [0.717, 1.165) is 41.8 Å². The number of hydrogen-bond donors (Lipinski definition) is 2. The molecule has 1 aliphatic carbocycles. The fraction of sp³-hybridized carbons (Fsp3) is 0.350. The maximum Gasteiger partial charge on any atom is 0.272 e. The molecule has 1 amide bonds. The zero-order chi connectivity index (χ0) is 18.6. The van der Waals surface area contributed by atoms with Crippen molar-refractivity contribution in [2.75, 3.05) is 0 Å². The SMILES string of the molecule is Cc1ccc(OC2CCC(NC(=O)c3cc(-c4cccs4)[nH]n3)CC2)nc1. The number of carbonyl (C=O) groups excluding carboxylic acids is 1. The van der Waals surface area contributed by atoms with Gasteiger partial charge in [0.25, 0.3) is 5.91 Å². The Morgan fingerprint density at radius 3 is 2.81 bits per heavy atom. The molecule has 140 valence electrons. The van der Waals surface area contributed by atoms with E-state index in [4.69, 9.17) is 4.74 Å². The van der Waals surface area contributed by atoms with Crippen LogP contribution in [-0.4, -0.2) is 33.2 Å². The van der Waals surface area contributed by atoms with E-state index < -0.39 is 0 Å². The van der Waals surface area contributed by atoms with E-state index >= 15 is 0 Å². The lowest BCUT2D eigenvalue weighted by Crippen LogP contribution is -2.39. The minimum atomic E-state index is -0.126. The molecule has 0 aliphatic heterocycles. The van der Waals surface area contributed by atoms with Crippen LogP contribution in [0.2, 0.25) is 0 Å². The van der Waals surface area contributed by atoms with Crippen LogP contribution in [-0.2, 0) is 0 Å². The molecule has 0 saturated heterocycles. The lowest BCUT2D eigenvalue weighted by Gasteiger charge is -2.29. The number of ether oxygens (including phenoxy) is 1. The van der Waals surface area contributed by atoms with Gasteiger partial charge in [0.15, 0.2) is 5.69 Å². The van der Waals surface area contributed by atoms with Gasteiger partial charge in [0.1, 0.15) is 6.10 Å². The topological polar surface area (TPSA) is 79.9 Å². The highest BCUT2D eigenvalue weighted by Crippen LogP contribution is 2.25. The number of amides is 1. The van der Waals surface area contributed by atoms with Gasteiger partial charge < -0.3 is 10.1 Å². The Morgan fingerprint density at radius 1 is 1.26 bits per heavy atom. The van der Waals surface area contributed by atoms with Gasteiger partial charge in [-0.15, -0.1) is 11.3 Å². The maximum absolute atomic E-state index is 12.5. The Labute approximate surface area is 162 Å². The molecule has 0 bridgehead atoms. The quantitative estimate of drug-likeness (QED) is 0.700. The fourth-order valence-corrected chi connectivity index (χ4v) is 3.97. The van der Waals surface area contributed by atoms with Crippen molar-refractivity contribution < 1.29 is 9.53 Å². The van der Waals surface area contributed by atoms with E-state index in [1.54, 1.807) is 17.4 Å². The summed E-state index contributed by atoms with van der Waals surface area (Å²) in [6, 6.07) is 9.86. The molecule has 3 aromatic heterocycles. The number of aryl methyl sites for hydroxylation is 1. The Morgan fingerprint density at radius 2 is 2.11 bits per heavy atom. The van der Waals surface area contributed by atoms with Crippen LogP contribution in [0.25, 0.3) is 10.6 Å². The Kier molecular flexibility index (Phi) is 5.20. The third-order valence-corrected chi connectivity index (χ3v) is 5.68. The van der Waals surface area contributed by atoms with Gasteiger partial charge in [0.05, 0.1) is 10.6 Å². The molecule has 2 N–H and O–H groups in total. The van der Waals surface area contributed by atoms with Gasteiger partial charge in [-0.1, -0.05) is 12.1 Å². The summed E-state index contributed by atoms with van der Waals surface area (Å²) in [6.45, 7) is 2.01. The van der Waals surface area contributed by atoms with Crippen molar-refractivity contribution in [3.8, 4) is 16.5 Å². The van der Waals surface area contributed by atoms with Crippen molar-refractivity contribution in [2.24, 2.45) is 0 Å². The third kappa shape index (κ3) is 4.36. The van der Waals surface area contributed by atoms with Crippen LogP contribution >= 0.6 is 11.3 Å². The highest BCUT2D eigenvalue weighted by atomic mass is 32.1. The molecule has 0 spiro atoms. The molecule has 0 atom stereocenters. The van der Waals surface area contributed by atoms with Gasteiger partial charge in [-0.05, 0) is 55.7 Å². The van der Waals surface area contributed by atoms with Gasteiger partial charge in [-0.2, -0.15) is 5.10 Å². The van der Waals surface area contributed by atoms with E-state index in [9.17, 15) is 4.79 Å². The molecule has 7 heteroatoms. The summed E-state index contributed by atoms with van der Waals surface area (Å²) < 4.78 is 5.95. The van der Waals surface area contributed by atoms with Crippen molar-refractivity contribution in [2.45, 2.75) is 44.8 Å². The van der Waals surface area contributed by atoms with Crippen molar-refractivity contribution in [3.63, 3.8) is 0 Å². The van der Waals surface area contributed by atoms with Crippen molar-refractivity contribution in [1.82, 2.24) is 20.5 Å². The predicted octanol–water partition coefficient (Wildman–Crippen LogP) is 3.96. The highest BCUT2D eigenvalue weighted by Gasteiger charge is 2.25. The van der Waals surface area contributed by atoms with E-state index in [2.05, 4.69) is 20.5 Å². The van der Waals surface area contributed by atoms with Crippen molar-refractivity contribution in [3.05, 3.63) is 53.2 Å². The summed E-state index contributed by atoms with van der Waals surface area (Å²) in [5.74, 6) is 0.546. The predicted molar refractivity (Wildman–Crippen MR) is 105 cm³/mol. The van der Waals surface area contributed by atoms with Crippen molar-refractivity contribution in [1.29, 1.82) is 0 Å². The van der Waals surface area contributed by atoms with Crippen LogP contribution in [0.5, 0.6) is 5.88 Å². The van der Waals surface area contributed by atoms with E-state index in [-0.39, 0.29) is 18.1 Å². The lowest BCUT2D eigenvalue weighted by atomic mass is 9.93. The molecule has 3 aromatic rings. The van der Waals surface area contributed by atoms with Crippen LogP contribution in [0.4, 0.5) is 0 Å². The van der Waals surface area contributed by atoms with Crippen LogP contribution in [0, 0.1) is 6.92 Å². The van der Waals surface area contributed by atoms with E-state index in [0.29, 0.717) is 11.6 Å². The van der Waals surface area contributed by atoms with Gasteiger partial charge in [-0.3, -0.25) is 9.89 Å². The molecule has 0 unspecified atom stereocenters. The summed E-state index contributed by atoms with van der Waals surface area (Å²) >= 11 is 1.62. The summed E-state index contributed by atoms with van der Waals surface area (Å²) in [4.78, 5) is 17.8. The number of thiophene rings is 1. The summed E-state index contributed by atoms with van der Waals surface area (Å²) in [5.41, 5.74) is 2.42. The van der Waals surface area contributed by atoms with Crippen LogP contribution in [0.1, 0.15) is 41.7 Å². The number of nitrogens with zero attached hydrogens (tertiary/aromatic N) is 2. The highest BCUT2D eigenvalue weighted by molar-refractivity contribution is 7.13. The summed E-state index contributed by atoms with van der Waals surface area (Å²) in [7, 11) is 0. The number of aromatic amines is 1.